The molecule has 7 heteroatoms. The quantitative estimate of drug-likeness (QED) is 0.386. The predicted molar refractivity (Wildman–Crippen MR) is 106 cm³/mol. The Hall–Kier alpha value is -4.00. The molecule has 0 fully saturated rings. The largest absolute Gasteiger partial charge is 0.483 e. The number of hydrazone groups is 1. The minimum Gasteiger partial charge on any atom is -0.483 e. The Kier molecular flexibility index (Phi) is 6.10. The third-order valence-corrected chi connectivity index (χ3v) is 3.81. The molecule has 0 bridgehead atoms. The summed E-state index contributed by atoms with van der Waals surface area (Å²) in [5.41, 5.74) is 4.68. The van der Waals surface area contributed by atoms with Gasteiger partial charge in [-0.15, -0.1) is 0 Å². The summed E-state index contributed by atoms with van der Waals surface area (Å²) in [4.78, 5) is 22.2. The fraction of sp³-hybridized carbons (Fsp3) is 0.0476. The number of nitro benzene ring substituents is 1. The van der Waals surface area contributed by atoms with Crippen LogP contribution in [-0.4, -0.2) is 23.7 Å². The second-order valence-electron chi connectivity index (χ2n) is 5.80. The minimum atomic E-state index is -0.492. The van der Waals surface area contributed by atoms with Gasteiger partial charge in [-0.25, -0.2) is 5.43 Å². The number of rotatable bonds is 7. The molecule has 0 atom stereocenters. The van der Waals surface area contributed by atoms with E-state index in [2.05, 4.69) is 10.5 Å². The van der Waals surface area contributed by atoms with Crippen molar-refractivity contribution in [3.8, 4) is 16.9 Å². The summed E-state index contributed by atoms with van der Waals surface area (Å²) in [6.45, 7) is -0.212. The van der Waals surface area contributed by atoms with Gasteiger partial charge < -0.3 is 4.74 Å². The van der Waals surface area contributed by atoms with Gasteiger partial charge in [0.1, 0.15) is 5.75 Å². The molecule has 1 N–H and O–H groups in total. The van der Waals surface area contributed by atoms with Crippen molar-refractivity contribution in [2.45, 2.75) is 0 Å². The minimum absolute atomic E-state index is 0.0453. The lowest BCUT2D eigenvalue weighted by atomic mass is 10.1. The third-order valence-electron chi connectivity index (χ3n) is 3.81. The van der Waals surface area contributed by atoms with Crippen LogP contribution in [0.4, 0.5) is 5.69 Å². The first-order valence-electron chi connectivity index (χ1n) is 8.47. The summed E-state index contributed by atoms with van der Waals surface area (Å²) in [7, 11) is 0. The number of nitrogens with zero attached hydrogens (tertiary/aromatic N) is 2. The number of hydrogen-bond donors (Lipinski definition) is 1. The number of carbonyl (C=O) groups is 1. The van der Waals surface area contributed by atoms with E-state index >= 15 is 0 Å². The van der Waals surface area contributed by atoms with Gasteiger partial charge >= 0.3 is 0 Å². The van der Waals surface area contributed by atoms with Gasteiger partial charge in [-0.2, -0.15) is 5.10 Å². The Labute approximate surface area is 161 Å². The Bertz CT molecular complexity index is 1000. The van der Waals surface area contributed by atoms with Crippen LogP contribution in [0.5, 0.6) is 5.75 Å². The van der Waals surface area contributed by atoms with Crippen molar-refractivity contribution in [3.05, 3.63) is 94.5 Å². The van der Waals surface area contributed by atoms with E-state index in [1.54, 1.807) is 18.2 Å². The van der Waals surface area contributed by atoms with Gasteiger partial charge in [0.2, 0.25) is 0 Å². The lowest BCUT2D eigenvalue weighted by molar-refractivity contribution is -0.384. The van der Waals surface area contributed by atoms with Crippen LogP contribution in [-0.2, 0) is 4.79 Å². The number of benzene rings is 3. The molecule has 0 aromatic heterocycles. The third kappa shape index (κ3) is 5.01. The molecule has 0 spiro atoms. The Balaban J connectivity index is 1.58. The van der Waals surface area contributed by atoms with Crippen LogP contribution in [0, 0.1) is 10.1 Å². The lowest BCUT2D eigenvalue weighted by Gasteiger charge is -2.10. The fourth-order valence-electron chi connectivity index (χ4n) is 2.52. The molecule has 7 nitrogen and oxygen atoms in total. The predicted octanol–water partition coefficient (Wildman–Crippen LogP) is 3.79. The van der Waals surface area contributed by atoms with E-state index in [-0.39, 0.29) is 12.3 Å². The van der Waals surface area contributed by atoms with E-state index in [9.17, 15) is 14.9 Å². The van der Waals surface area contributed by atoms with Crippen LogP contribution in [0.15, 0.2) is 84.0 Å². The molecule has 0 saturated carbocycles. The maximum absolute atomic E-state index is 12.0. The van der Waals surface area contributed by atoms with Crippen LogP contribution < -0.4 is 10.2 Å². The van der Waals surface area contributed by atoms with E-state index in [4.69, 9.17) is 4.74 Å². The second-order valence-corrected chi connectivity index (χ2v) is 5.80. The topological polar surface area (TPSA) is 93.8 Å². The molecule has 0 unspecified atom stereocenters. The number of nitrogens with one attached hydrogen (secondary N) is 1. The first kappa shape index (κ1) is 18.8. The molecule has 0 aliphatic rings. The summed E-state index contributed by atoms with van der Waals surface area (Å²) in [6.07, 6.45) is 1.34. The molecule has 3 aromatic rings. The summed E-state index contributed by atoms with van der Waals surface area (Å²) < 4.78 is 5.63. The average Bonchev–Trinajstić information content (AvgIpc) is 2.73. The van der Waals surface area contributed by atoms with Crippen molar-refractivity contribution < 1.29 is 14.5 Å². The zero-order chi connectivity index (χ0) is 19.8. The number of hydrogen-bond acceptors (Lipinski definition) is 5. The highest BCUT2D eigenvalue weighted by molar-refractivity contribution is 5.83. The molecule has 1 amide bonds. The molecule has 0 aliphatic carbocycles. The Morgan fingerprint density at radius 1 is 1.04 bits per heavy atom. The van der Waals surface area contributed by atoms with Gasteiger partial charge in [0.15, 0.2) is 6.61 Å². The van der Waals surface area contributed by atoms with Crippen LogP contribution in [0.3, 0.4) is 0 Å². The summed E-state index contributed by atoms with van der Waals surface area (Å²) in [5, 5.41) is 14.6. The number of non-ortho nitro benzene ring substituents is 1. The fourth-order valence-corrected chi connectivity index (χ4v) is 2.52. The molecule has 3 aromatic carbocycles. The van der Waals surface area contributed by atoms with Crippen LogP contribution >= 0.6 is 0 Å². The van der Waals surface area contributed by atoms with Crippen molar-refractivity contribution in [1.29, 1.82) is 0 Å². The molecular weight excluding hydrogens is 358 g/mol. The van der Waals surface area contributed by atoms with E-state index in [1.807, 2.05) is 48.5 Å². The maximum Gasteiger partial charge on any atom is 0.277 e. The first-order valence-corrected chi connectivity index (χ1v) is 8.47. The molecule has 0 aliphatic heterocycles. The van der Waals surface area contributed by atoms with Crippen LogP contribution in [0.25, 0.3) is 11.1 Å². The number of amides is 1. The highest BCUT2D eigenvalue weighted by atomic mass is 16.6. The van der Waals surface area contributed by atoms with Crippen molar-refractivity contribution in [1.82, 2.24) is 5.43 Å². The molecular formula is C21H17N3O4. The Morgan fingerprint density at radius 3 is 2.57 bits per heavy atom. The SMILES string of the molecule is O=C(COc1ccccc1-c1ccccc1)NN=Cc1cccc([N+](=O)[O-])c1. The Morgan fingerprint density at radius 2 is 1.79 bits per heavy atom. The van der Waals surface area contributed by atoms with E-state index in [0.29, 0.717) is 11.3 Å². The normalized spacial score (nSPS) is 10.6. The molecule has 0 saturated heterocycles. The van der Waals surface area contributed by atoms with Gasteiger partial charge in [0.05, 0.1) is 11.1 Å². The number of nitro groups is 1. The van der Waals surface area contributed by atoms with Gasteiger partial charge in [0, 0.05) is 23.3 Å². The second kappa shape index (κ2) is 9.09. The number of ether oxygens (including phenoxy) is 1. The van der Waals surface area contributed by atoms with Crippen LogP contribution in [0.1, 0.15) is 5.56 Å². The zero-order valence-corrected chi connectivity index (χ0v) is 14.8. The van der Waals surface area contributed by atoms with Gasteiger partial charge in [-0.1, -0.05) is 60.7 Å². The van der Waals surface area contributed by atoms with E-state index in [0.717, 1.165) is 11.1 Å². The van der Waals surface area contributed by atoms with Gasteiger partial charge in [-0.05, 0) is 11.6 Å². The number of para-hydroxylation sites is 1. The number of carbonyl (C=O) groups excluding carboxylic acids is 1. The molecule has 140 valence electrons. The zero-order valence-electron chi connectivity index (χ0n) is 14.8. The lowest BCUT2D eigenvalue weighted by Crippen LogP contribution is -2.24. The molecule has 28 heavy (non-hydrogen) atoms. The summed E-state index contributed by atoms with van der Waals surface area (Å²) in [6, 6.07) is 23.1. The standard InChI is InChI=1S/C21H17N3O4/c25-21(23-22-14-16-7-6-10-18(13-16)24(26)27)15-28-20-12-5-4-11-19(20)17-8-2-1-3-9-17/h1-14H,15H2,(H,23,25). The van der Waals surface area contributed by atoms with Crippen molar-refractivity contribution in [2.75, 3.05) is 6.61 Å². The summed E-state index contributed by atoms with van der Waals surface area (Å²) >= 11 is 0. The van der Waals surface area contributed by atoms with Crippen LogP contribution in [0.2, 0.25) is 0 Å². The van der Waals surface area contributed by atoms with E-state index in [1.165, 1.54) is 18.3 Å². The maximum atomic E-state index is 12.0. The smallest absolute Gasteiger partial charge is 0.277 e. The highest BCUT2D eigenvalue weighted by Crippen LogP contribution is 2.29. The highest BCUT2D eigenvalue weighted by Gasteiger charge is 2.08. The molecule has 3 rings (SSSR count). The monoisotopic (exact) mass is 375 g/mol. The molecule has 0 heterocycles. The van der Waals surface area contributed by atoms with E-state index < -0.39 is 10.8 Å². The van der Waals surface area contributed by atoms with Crippen molar-refractivity contribution in [3.63, 3.8) is 0 Å². The van der Waals surface area contributed by atoms with Gasteiger partial charge in [0.25, 0.3) is 11.6 Å². The first-order chi connectivity index (χ1) is 13.6. The average molecular weight is 375 g/mol. The van der Waals surface area contributed by atoms with Crippen molar-refractivity contribution >= 4 is 17.8 Å². The van der Waals surface area contributed by atoms with Crippen molar-refractivity contribution in [2.24, 2.45) is 5.10 Å². The van der Waals surface area contributed by atoms with Gasteiger partial charge in [-0.3, -0.25) is 14.9 Å². The molecule has 0 radical (unpaired) electrons. The summed E-state index contributed by atoms with van der Waals surface area (Å²) in [5.74, 6) is 0.149.